The summed E-state index contributed by atoms with van der Waals surface area (Å²) in [5, 5.41) is 0. The van der Waals surface area contributed by atoms with Gasteiger partial charge in [-0.1, -0.05) is 6.07 Å². The second-order valence-corrected chi connectivity index (χ2v) is 4.93. The molecule has 0 saturated carbocycles. The first-order valence-electron chi connectivity index (χ1n) is 6.82. The number of nitrogens with two attached hydrogens (primary N) is 1. The van der Waals surface area contributed by atoms with Crippen molar-refractivity contribution in [1.82, 2.24) is 14.8 Å². The Balaban J connectivity index is 2.06. The molecule has 1 aliphatic heterocycles. The van der Waals surface area contributed by atoms with Crippen LogP contribution in [0.3, 0.4) is 0 Å². The van der Waals surface area contributed by atoms with Gasteiger partial charge >= 0.3 is 0 Å². The van der Waals surface area contributed by atoms with E-state index in [4.69, 9.17) is 5.73 Å². The van der Waals surface area contributed by atoms with Crippen molar-refractivity contribution in [2.24, 2.45) is 5.73 Å². The molecule has 1 atom stereocenters. The highest BCUT2D eigenvalue weighted by Crippen LogP contribution is 2.20. The minimum absolute atomic E-state index is 0.160. The predicted molar refractivity (Wildman–Crippen MR) is 74.5 cm³/mol. The lowest BCUT2D eigenvalue weighted by atomic mass is 10.1. The third-order valence-corrected chi connectivity index (χ3v) is 3.71. The van der Waals surface area contributed by atoms with E-state index >= 15 is 0 Å². The molecule has 1 amide bonds. The number of carbonyl (C=O) groups is 1. The van der Waals surface area contributed by atoms with Crippen LogP contribution in [-0.2, 0) is 4.79 Å². The Morgan fingerprint density at radius 1 is 1.42 bits per heavy atom. The van der Waals surface area contributed by atoms with Crippen LogP contribution >= 0.6 is 0 Å². The minimum Gasteiger partial charge on any atom is -0.342 e. The van der Waals surface area contributed by atoms with Gasteiger partial charge in [0.2, 0.25) is 5.91 Å². The van der Waals surface area contributed by atoms with Crippen molar-refractivity contribution in [2.45, 2.75) is 19.4 Å². The van der Waals surface area contributed by atoms with E-state index in [0.29, 0.717) is 6.54 Å². The van der Waals surface area contributed by atoms with Crippen molar-refractivity contribution < 1.29 is 4.79 Å². The van der Waals surface area contributed by atoms with E-state index in [1.165, 1.54) is 0 Å². The molecule has 0 radical (unpaired) electrons. The Morgan fingerprint density at radius 2 is 2.26 bits per heavy atom. The summed E-state index contributed by atoms with van der Waals surface area (Å²) >= 11 is 0. The van der Waals surface area contributed by atoms with Gasteiger partial charge in [0.05, 0.1) is 0 Å². The first-order valence-corrected chi connectivity index (χ1v) is 6.82. The van der Waals surface area contributed by atoms with Gasteiger partial charge in [-0.15, -0.1) is 0 Å². The maximum absolute atomic E-state index is 11.4. The normalized spacial score (nSPS) is 18.9. The molecule has 1 aliphatic rings. The van der Waals surface area contributed by atoms with Crippen molar-refractivity contribution in [3.63, 3.8) is 0 Å². The molecule has 1 saturated heterocycles. The number of hydrogen-bond donors (Lipinski definition) is 1. The molecule has 2 heterocycles. The Bertz CT molecular complexity index is 409. The summed E-state index contributed by atoms with van der Waals surface area (Å²) in [4.78, 5) is 19.9. The average molecular weight is 262 g/mol. The van der Waals surface area contributed by atoms with Crippen molar-refractivity contribution in [3.05, 3.63) is 30.1 Å². The molecule has 1 unspecified atom stereocenters. The summed E-state index contributed by atoms with van der Waals surface area (Å²) in [5.41, 5.74) is 7.09. The van der Waals surface area contributed by atoms with Crippen LogP contribution in [0.5, 0.6) is 0 Å². The monoisotopic (exact) mass is 262 g/mol. The smallest absolute Gasteiger partial charge is 0.219 e. The first kappa shape index (κ1) is 14.0. The summed E-state index contributed by atoms with van der Waals surface area (Å²) in [6, 6.07) is 4.20. The van der Waals surface area contributed by atoms with Crippen molar-refractivity contribution in [3.8, 4) is 0 Å². The van der Waals surface area contributed by atoms with Crippen LogP contribution in [0, 0.1) is 0 Å². The number of carbonyl (C=O) groups excluding carboxylic acids is 1. The number of amides is 1. The van der Waals surface area contributed by atoms with Gasteiger partial charge in [-0.3, -0.25) is 14.7 Å². The zero-order valence-corrected chi connectivity index (χ0v) is 11.5. The number of pyridine rings is 1. The van der Waals surface area contributed by atoms with E-state index in [0.717, 1.165) is 38.2 Å². The molecule has 19 heavy (non-hydrogen) atoms. The van der Waals surface area contributed by atoms with Crippen LogP contribution in [0.1, 0.15) is 24.9 Å². The Hall–Kier alpha value is -1.46. The fourth-order valence-electron chi connectivity index (χ4n) is 2.63. The highest BCUT2D eigenvalue weighted by molar-refractivity contribution is 5.73. The molecule has 1 aromatic rings. The number of nitrogens with zero attached hydrogens (tertiary/aromatic N) is 3. The molecular weight excluding hydrogens is 240 g/mol. The Labute approximate surface area is 114 Å². The van der Waals surface area contributed by atoms with Gasteiger partial charge in [0.1, 0.15) is 0 Å². The maximum Gasteiger partial charge on any atom is 0.219 e. The lowest BCUT2D eigenvalue weighted by molar-refractivity contribution is -0.128. The van der Waals surface area contributed by atoms with Gasteiger partial charge in [-0.25, -0.2) is 0 Å². The van der Waals surface area contributed by atoms with Gasteiger partial charge in [-0.05, 0) is 18.1 Å². The van der Waals surface area contributed by atoms with Crippen LogP contribution in [0.2, 0.25) is 0 Å². The van der Waals surface area contributed by atoms with Crippen molar-refractivity contribution in [1.29, 1.82) is 0 Å². The van der Waals surface area contributed by atoms with Crippen LogP contribution < -0.4 is 5.73 Å². The van der Waals surface area contributed by atoms with Crippen LogP contribution in [0.4, 0.5) is 0 Å². The Morgan fingerprint density at radius 3 is 2.89 bits per heavy atom. The second-order valence-electron chi connectivity index (χ2n) is 4.93. The summed E-state index contributed by atoms with van der Waals surface area (Å²) in [6.45, 7) is 5.68. The fraction of sp³-hybridized carbons (Fsp3) is 0.571. The standard InChI is InChI=1S/C14H22N4O/c1-12(19)17-6-3-7-18(9-8-17)14(10-15)13-4-2-5-16-11-13/h2,4-5,11,14H,3,6-10,15H2,1H3. The molecular formula is C14H22N4O. The molecule has 0 spiro atoms. The number of aromatic nitrogens is 1. The Kier molecular flexibility index (Phi) is 4.87. The molecule has 1 fully saturated rings. The summed E-state index contributed by atoms with van der Waals surface area (Å²) in [5.74, 6) is 0.160. The zero-order chi connectivity index (χ0) is 13.7. The molecule has 0 aromatic carbocycles. The van der Waals surface area contributed by atoms with Gasteiger partial charge in [0, 0.05) is 58.1 Å². The molecule has 2 rings (SSSR count). The third-order valence-electron chi connectivity index (χ3n) is 3.71. The molecule has 5 nitrogen and oxygen atoms in total. The highest BCUT2D eigenvalue weighted by Gasteiger charge is 2.23. The lowest BCUT2D eigenvalue weighted by Gasteiger charge is -2.29. The molecule has 1 aromatic heterocycles. The first-order chi connectivity index (χ1) is 9.22. The van der Waals surface area contributed by atoms with E-state index in [1.54, 1.807) is 13.1 Å². The van der Waals surface area contributed by atoms with E-state index in [1.807, 2.05) is 17.2 Å². The number of hydrogen-bond acceptors (Lipinski definition) is 4. The van der Waals surface area contributed by atoms with Gasteiger partial charge in [0.15, 0.2) is 0 Å². The van der Waals surface area contributed by atoms with Crippen molar-refractivity contribution in [2.75, 3.05) is 32.7 Å². The highest BCUT2D eigenvalue weighted by atomic mass is 16.2. The summed E-state index contributed by atoms with van der Waals surface area (Å²) in [6.07, 6.45) is 4.65. The zero-order valence-electron chi connectivity index (χ0n) is 11.5. The van der Waals surface area contributed by atoms with E-state index in [2.05, 4.69) is 16.0 Å². The van der Waals surface area contributed by atoms with Gasteiger partial charge in [0.25, 0.3) is 0 Å². The van der Waals surface area contributed by atoms with Crippen molar-refractivity contribution >= 4 is 5.91 Å². The second kappa shape index (κ2) is 6.63. The third kappa shape index (κ3) is 3.52. The van der Waals surface area contributed by atoms with E-state index < -0.39 is 0 Å². The van der Waals surface area contributed by atoms with Crippen LogP contribution in [-0.4, -0.2) is 53.4 Å². The largest absolute Gasteiger partial charge is 0.342 e. The van der Waals surface area contributed by atoms with Gasteiger partial charge < -0.3 is 10.6 Å². The van der Waals surface area contributed by atoms with E-state index in [-0.39, 0.29) is 11.9 Å². The summed E-state index contributed by atoms with van der Waals surface area (Å²) < 4.78 is 0. The fourth-order valence-corrected chi connectivity index (χ4v) is 2.63. The minimum atomic E-state index is 0.160. The number of rotatable bonds is 3. The maximum atomic E-state index is 11.4. The topological polar surface area (TPSA) is 62.5 Å². The molecule has 0 bridgehead atoms. The SMILES string of the molecule is CC(=O)N1CCCN(C(CN)c2cccnc2)CC1. The molecule has 2 N–H and O–H groups in total. The predicted octanol–water partition coefficient (Wildman–Crippen LogP) is 0.636. The molecule has 104 valence electrons. The van der Waals surface area contributed by atoms with Crippen LogP contribution in [0.25, 0.3) is 0 Å². The van der Waals surface area contributed by atoms with E-state index in [9.17, 15) is 4.79 Å². The quantitative estimate of drug-likeness (QED) is 0.868. The average Bonchev–Trinajstić information content (AvgIpc) is 2.67. The molecule has 5 heteroatoms. The lowest BCUT2D eigenvalue weighted by Crippen LogP contribution is -2.37. The van der Waals surface area contributed by atoms with Gasteiger partial charge in [-0.2, -0.15) is 0 Å². The van der Waals surface area contributed by atoms with Crippen LogP contribution in [0.15, 0.2) is 24.5 Å². The molecule has 0 aliphatic carbocycles. The summed E-state index contributed by atoms with van der Waals surface area (Å²) in [7, 11) is 0.